The van der Waals surface area contributed by atoms with E-state index in [4.69, 9.17) is 4.74 Å². The normalized spacial score (nSPS) is 28.8. The maximum atomic E-state index is 13.0. The predicted octanol–water partition coefficient (Wildman–Crippen LogP) is 3.85. The van der Waals surface area contributed by atoms with Crippen molar-refractivity contribution in [1.29, 1.82) is 0 Å². The summed E-state index contributed by atoms with van der Waals surface area (Å²) in [5, 5.41) is 9.88. The number of rotatable bonds is 3. The molecule has 3 rings (SSSR count). The van der Waals surface area contributed by atoms with Gasteiger partial charge in [0.25, 0.3) is 0 Å². The molecule has 1 aromatic rings. The molecule has 0 heterocycles. The number of phenols is 1. The average molecular weight is 403 g/mol. The quantitative estimate of drug-likeness (QED) is 0.779. The van der Waals surface area contributed by atoms with Gasteiger partial charge >= 0.3 is 0 Å². The van der Waals surface area contributed by atoms with Gasteiger partial charge < -0.3 is 9.84 Å². The van der Waals surface area contributed by atoms with Crippen LogP contribution in [0.4, 0.5) is 0 Å². The van der Waals surface area contributed by atoms with Crippen LogP contribution in [0.25, 0.3) is 0 Å². The van der Waals surface area contributed by atoms with Gasteiger partial charge in [0.05, 0.1) is 7.11 Å². The Bertz CT molecular complexity index is 836. The maximum Gasteiger partial charge on any atom is 0.174 e. The van der Waals surface area contributed by atoms with Crippen LogP contribution in [0, 0.1) is 5.92 Å². The highest BCUT2D eigenvalue weighted by molar-refractivity contribution is 9.10. The third-order valence-corrected chi connectivity index (χ3v) is 6.45. The third kappa shape index (κ3) is 2.58. The lowest BCUT2D eigenvalue weighted by atomic mass is 9.63. The number of ether oxygens (including phenoxy) is 1. The predicted molar refractivity (Wildman–Crippen MR) is 99.2 cm³/mol. The van der Waals surface area contributed by atoms with Crippen molar-refractivity contribution < 1.29 is 19.4 Å². The molecule has 5 heteroatoms. The molecule has 0 aromatic heterocycles. The Morgan fingerprint density at radius 1 is 1.40 bits per heavy atom. The second kappa shape index (κ2) is 6.30. The van der Waals surface area contributed by atoms with E-state index in [9.17, 15) is 14.7 Å². The number of allylic oxidation sites excluding steroid dienone is 5. The zero-order valence-corrected chi connectivity index (χ0v) is 15.7. The molecule has 1 N–H and O–H groups in total. The van der Waals surface area contributed by atoms with Crippen molar-refractivity contribution in [3.8, 4) is 11.5 Å². The molecule has 25 heavy (non-hydrogen) atoms. The standard InChI is InChI=1S/C20H19BrO4/c1-4-12-5-7-14-19(24)11(2)9-17(23)20(14,21)18(12)13-6-8-15(22)16(10-13)25-3/h4-6,8-10,14,18,22H,1,7H2,2-3H3. The number of benzene rings is 1. The smallest absolute Gasteiger partial charge is 0.174 e. The van der Waals surface area contributed by atoms with Gasteiger partial charge in [0.15, 0.2) is 23.1 Å². The summed E-state index contributed by atoms with van der Waals surface area (Å²) in [6, 6.07) is 4.98. The van der Waals surface area contributed by atoms with Gasteiger partial charge in [-0.15, -0.1) is 0 Å². The lowest BCUT2D eigenvalue weighted by Crippen LogP contribution is -2.52. The zero-order valence-electron chi connectivity index (χ0n) is 14.1. The summed E-state index contributed by atoms with van der Waals surface area (Å²) in [5.41, 5.74) is 2.13. The van der Waals surface area contributed by atoms with Gasteiger partial charge in [-0.05, 0) is 48.3 Å². The first-order chi connectivity index (χ1) is 11.8. The number of Topliss-reactive ketones (excluding diaryl/α,β-unsaturated/α-hetero) is 1. The summed E-state index contributed by atoms with van der Waals surface area (Å²) in [4.78, 5) is 25.6. The van der Waals surface area contributed by atoms with E-state index in [0.29, 0.717) is 17.7 Å². The van der Waals surface area contributed by atoms with Gasteiger partial charge in [-0.2, -0.15) is 0 Å². The largest absolute Gasteiger partial charge is 0.504 e. The molecule has 0 fully saturated rings. The Hall–Kier alpha value is -2.14. The first kappa shape index (κ1) is 17.7. The number of carbonyl (C=O) groups excluding carboxylic acids is 2. The van der Waals surface area contributed by atoms with Gasteiger partial charge in [-0.1, -0.05) is 40.7 Å². The topological polar surface area (TPSA) is 63.6 Å². The van der Waals surface area contributed by atoms with E-state index >= 15 is 0 Å². The summed E-state index contributed by atoms with van der Waals surface area (Å²) >= 11 is 3.65. The van der Waals surface area contributed by atoms with E-state index in [-0.39, 0.29) is 17.3 Å². The third-order valence-electron chi connectivity index (χ3n) is 5.05. The number of hydrogen-bond donors (Lipinski definition) is 1. The minimum Gasteiger partial charge on any atom is -0.504 e. The van der Waals surface area contributed by atoms with Gasteiger partial charge in [-0.3, -0.25) is 9.59 Å². The molecule has 4 nitrogen and oxygen atoms in total. The molecule has 1 aromatic carbocycles. The van der Waals surface area contributed by atoms with Crippen molar-refractivity contribution in [3.63, 3.8) is 0 Å². The summed E-state index contributed by atoms with van der Waals surface area (Å²) in [5.74, 6) is -0.684. The van der Waals surface area contributed by atoms with E-state index in [0.717, 1.165) is 11.1 Å². The summed E-state index contributed by atoms with van der Waals surface area (Å²) < 4.78 is 4.14. The Balaban J connectivity index is 2.22. The van der Waals surface area contributed by atoms with E-state index in [2.05, 4.69) is 22.5 Å². The van der Waals surface area contributed by atoms with E-state index in [1.165, 1.54) is 19.3 Å². The molecule has 0 saturated heterocycles. The molecule has 2 aliphatic rings. The molecule has 0 spiro atoms. The van der Waals surface area contributed by atoms with Crippen molar-refractivity contribution in [1.82, 2.24) is 0 Å². The average Bonchev–Trinajstić information content (AvgIpc) is 2.60. The van der Waals surface area contributed by atoms with Crippen LogP contribution in [-0.4, -0.2) is 28.1 Å². The molecule has 130 valence electrons. The Labute approximate surface area is 155 Å². The van der Waals surface area contributed by atoms with E-state index < -0.39 is 16.2 Å². The summed E-state index contributed by atoms with van der Waals surface area (Å²) in [6.07, 6.45) is 5.58. The molecule has 0 aliphatic heterocycles. The fourth-order valence-electron chi connectivity index (χ4n) is 3.76. The molecule has 3 atom stereocenters. The zero-order chi connectivity index (χ0) is 18.4. The van der Waals surface area contributed by atoms with Crippen molar-refractivity contribution >= 4 is 27.5 Å². The molecule has 0 bridgehead atoms. The number of hydrogen-bond acceptors (Lipinski definition) is 4. The first-order valence-corrected chi connectivity index (χ1v) is 8.79. The van der Waals surface area contributed by atoms with Gasteiger partial charge in [0.2, 0.25) is 0 Å². The first-order valence-electron chi connectivity index (χ1n) is 7.99. The van der Waals surface area contributed by atoms with Gasteiger partial charge in [0, 0.05) is 11.8 Å². The van der Waals surface area contributed by atoms with Crippen LogP contribution in [0.3, 0.4) is 0 Å². The summed E-state index contributed by atoms with van der Waals surface area (Å²) in [6.45, 7) is 5.55. The fraction of sp³-hybridized carbons (Fsp3) is 0.300. The van der Waals surface area contributed by atoms with Crippen molar-refractivity contribution in [3.05, 3.63) is 59.7 Å². The molecular formula is C20H19BrO4. The Morgan fingerprint density at radius 3 is 2.76 bits per heavy atom. The van der Waals surface area contributed by atoms with Crippen LogP contribution in [0.1, 0.15) is 24.8 Å². The van der Waals surface area contributed by atoms with Crippen molar-refractivity contribution in [2.45, 2.75) is 23.6 Å². The molecule has 3 unspecified atom stereocenters. The Kier molecular flexibility index (Phi) is 4.45. The van der Waals surface area contributed by atoms with Crippen LogP contribution in [0.15, 0.2) is 54.2 Å². The number of phenolic OH excluding ortho intramolecular Hbond substituents is 1. The number of aromatic hydroxyl groups is 1. The number of ketones is 2. The lowest BCUT2D eigenvalue weighted by Gasteiger charge is -2.45. The van der Waals surface area contributed by atoms with Gasteiger partial charge in [-0.25, -0.2) is 0 Å². The Morgan fingerprint density at radius 2 is 2.12 bits per heavy atom. The van der Waals surface area contributed by atoms with Gasteiger partial charge in [0.1, 0.15) is 4.32 Å². The SMILES string of the molecule is C=CC1=CCC2C(=O)C(C)=CC(=O)C2(Br)C1c1ccc(O)c(OC)c1. The second-order valence-electron chi connectivity index (χ2n) is 6.38. The monoisotopic (exact) mass is 402 g/mol. The van der Waals surface area contributed by atoms with Crippen LogP contribution in [-0.2, 0) is 9.59 Å². The highest BCUT2D eigenvalue weighted by Gasteiger charge is 2.56. The number of methoxy groups -OCH3 is 1. The maximum absolute atomic E-state index is 13.0. The van der Waals surface area contributed by atoms with Crippen molar-refractivity contribution in [2.24, 2.45) is 5.92 Å². The molecule has 0 saturated carbocycles. The van der Waals surface area contributed by atoms with E-state index in [1.54, 1.807) is 25.1 Å². The molecule has 2 aliphatic carbocycles. The number of carbonyl (C=O) groups is 2. The highest BCUT2D eigenvalue weighted by atomic mass is 79.9. The molecule has 0 amide bonds. The molecule has 0 radical (unpaired) electrons. The molecular weight excluding hydrogens is 384 g/mol. The van der Waals surface area contributed by atoms with Crippen LogP contribution in [0.5, 0.6) is 11.5 Å². The minimum absolute atomic E-state index is 0.0214. The fourth-order valence-corrected chi connectivity index (χ4v) is 4.80. The number of alkyl halides is 1. The van der Waals surface area contributed by atoms with Crippen LogP contribution < -0.4 is 4.74 Å². The van der Waals surface area contributed by atoms with Crippen LogP contribution >= 0.6 is 15.9 Å². The lowest BCUT2D eigenvalue weighted by molar-refractivity contribution is -0.128. The van der Waals surface area contributed by atoms with Crippen molar-refractivity contribution in [2.75, 3.05) is 7.11 Å². The van der Waals surface area contributed by atoms with Crippen LogP contribution in [0.2, 0.25) is 0 Å². The summed E-state index contributed by atoms with van der Waals surface area (Å²) in [7, 11) is 1.47. The minimum atomic E-state index is -1.07. The number of halogens is 1. The second-order valence-corrected chi connectivity index (χ2v) is 7.70. The number of fused-ring (bicyclic) bond motifs is 1. The highest BCUT2D eigenvalue weighted by Crippen LogP contribution is 2.54. The van der Waals surface area contributed by atoms with E-state index in [1.807, 2.05) is 6.08 Å².